The number of nitrogens with one attached hydrogen (secondary N) is 2. The normalized spacial score (nSPS) is 10.2. The Bertz CT molecular complexity index is 493. The molecule has 0 unspecified atom stereocenters. The molecule has 0 saturated carbocycles. The number of nitrogen functional groups attached to an aromatic ring is 1. The summed E-state index contributed by atoms with van der Waals surface area (Å²) in [6.07, 6.45) is 5.65. The van der Waals surface area contributed by atoms with Gasteiger partial charge in [0, 0.05) is 13.0 Å². The Hall–Kier alpha value is -2.51. The third-order valence-electron chi connectivity index (χ3n) is 2.25. The van der Waals surface area contributed by atoms with Crippen molar-refractivity contribution in [1.82, 2.24) is 30.5 Å². The molecular formula is C10H13N7O. The number of aryl methyl sites for hydroxylation is 1. The highest BCUT2D eigenvalue weighted by Gasteiger charge is 2.06. The molecule has 0 fully saturated rings. The van der Waals surface area contributed by atoms with Crippen molar-refractivity contribution in [2.45, 2.75) is 12.8 Å². The van der Waals surface area contributed by atoms with Crippen molar-refractivity contribution in [2.75, 3.05) is 12.3 Å². The number of rotatable bonds is 5. The maximum Gasteiger partial charge on any atom is 0.271 e. The minimum Gasteiger partial charge on any atom is -0.382 e. The lowest BCUT2D eigenvalue weighted by atomic mass is 10.3. The number of H-pyrrole nitrogens is 1. The van der Waals surface area contributed by atoms with Crippen molar-refractivity contribution in [2.24, 2.45) is 0 Å². The van der Waals surface area contributed by atoms with Crippen LogP contribution in [0.2, 0.25) is 0 Å². The maximum absolute atomic E-state index is 11.6. The number of aromatic nitrogens is 5. The van der Waals surface area contributed by atoms with Crippen LogP contribution in [0.15, 0.2) is 18.7 Å². The van der Waals surface area contributed by atoms with Crippen molar-refractivity contribution in [1.29, 1.82) is 0 Å². The number of carbonyl (C=O) groups excluding carboxylic acids is 1. The number of nitrogens with zero attached hydrogens (tertiary/aromatic N) is 4. The van der Waals surface area contributed by atoms with Crippen LogP contribution in [0.5, 0.6) is 0 Å². The van der Waals surface area contributed by atoms with Crippen LogP contribution < -0.4 is 11.1 Å². The zero-order valence-corrected chi connectivity index (χ0v) is 9.63. The second-order valence-electron chi connectivity index (χ2n) is 3.62. The summed E-state index contributed by atoms with van der Waals surface area (Å²) >= 11 is 0. The zero-order chi connectivity index (χ0) is 12.8. The second kappa shape index (κ2) is 5.71. The van der Waals surface area contributed by atoms with Crippen molar-refractivity contribution in [3.63, 3.8) is 0 Å². The monoisotopic (exact) mass is 247 g/mol. The van der Waals surface area contributed by atoms with E-state index in [-0.39, 0.29) is 17.4 Å². The molecule has 0 bridgehead atoms. The van der Waals surface area contributed by atoms with Gasteiger partial charge in [0.15, 0.2) is 0 Å². The van der Waals surface area contributed by atoms with E-state index in [0.717, 1.165) is 18.7 Å². The summed E-state index contributed by atoms with van der Waals surface area (Å²) in [6, 6.07) is 0. The van der Waals surface area contributed by atoms with Gasteiger partial charge < -0.3 is 11.1 Å². The molecule has 2 aromatic heterocycles. The smallest absolute Gasteiger partial charge is 0.271 e. The van der Waals surface area contributed by atoms with E-state index in [1.807, 2.05) is 0 Å². The van der Waals surface area contributed by atoms with Crippen LogP contribution in [-0.4, -0.2) is 37.6 Å². The summed E-state index contributed by atoms with van der Waals surface area (Å²) in [5.41, 5.74) is 5.63. The molecule has 0 aliphatic rings. The SMILES string of the molecule is Nc1cnc(C(=O)NCCCc2ncn[nH]2)cn1. The lowest BCUT2D eigenvalue weighted by Crippen LogP contribution is -2.26. The Morgan fingerprint density at radius 2 is 2.22 bits per heavy atom. The highest BCUT2D eigenvalue weighted by Crippen LogP contribution is 1.96. The van der Waals surface area contributed by atoms with Crippen LogP contribution in [-0.2, 0) is 6.42 Å². The second-order valence-corrected chi connectivity index (χ2v) is 3.62. The van der Waals surface area contributed by atoms with Gasteiger partial charge in [-0.2, -0.15) is 5.10 Å². The number of nitrogens with two attached hydrogens (primary N) is 1. The Morgan fingerprint density at radius 1 is 1.33 bits per heavy atom. The summed E-state index contributed by atoms with van der Waals surface area (Å²) in [6.45, 7) is 0.533. The van der Waals surface area contributed by atoms with Gasteiger partial charge >= 0.3 is 0 Å². The first-order valence-corrected chi connectivity index (χ1v) is 5.45. The quantitative estimate of drug-likeness (QED) is 0.614. The molecule has 0 saturated heterocycles. The fourth-order valence-corrected chi connectivity index (χ4v) is 1.35. The highest BCUT2D eigenvalue weighted by molar-refractivity contribution is 5.91. The fraction of sp³-hybridized carbons (Fsp3) is 0.300. The minimum absolute atomic E-state index is 0.254. The topological polar surface area (TPSA) is 122 Å². The first-order chi connectivity index (χ1) is 8.75. The van der Waals surface area contributed by atoms with Gasteiger partial charge in [0.25, 0.3) is 5.91 Å². The van der Waals surface area contributed by atoms with E-state index >= 15 is 0 Å². The van der Waals surface area contributed by atoms with E-state index in [9.17, 15) is 4.79 Å². The predicted molar refractivity (Wildman–Crippen MR) is 63.5 cm³/mol. The van der Waals surface area contributed by atoms with Gasteiger partial charge in [-0.3, -0.25) is 9.89 Å². The minimum atomic E-state index is -0.264. The van der Waals surface area contributed by atoms with Crippen molar-refractivity contribution in [3.05, 3.63) is 30.2 Å². The van der Waals surface area contributed by atoms with Gasteiger partial charge in [0.2, 0.25) is 0 Å². The van der Waals surface area contributed by atoms with E-state index < -0.39 is 0 Å². The van der Waals surface area contributed by atoms with Crippen LogP contribution in [0.1, 0.15) is 22.7 Å². The Labute approximate surface area is 103 Å². The van der Waals surface area contributed by atoms with E-state index in [0.29, 0.717) is 6.54 Å². The molecule has 1 amide bonds. The Morgan fingerprint density at radius 3 is 2.89 bits per heavy atom. The lowest BCUT2D eigenvalue weighted by molar-refractivity contribution is 0.0948. The maximum atomic E-state index is 11.6. The summed E-state index contributed by atoms with van der Waals surface area (Å²) in [4.78, 5) is 23.3. The first-order valence-electron chi connectivity index (χ1n) is 5.45. The highest BCUT2D eigenvalue weighted by atomic mass is 16.1. The molecule has 2 heterocycles. The molecule has 2 aromatic rings. The molecular weight excluding hydrogens is 234 g/mol. The van der Waals surface area contributed by atoms with Gasteiger partial charge in [-0.1, -0.05) is 0 Å². The number of aromatic amines is 1. The molecule has 0 aromatic carbocycles. The number of hydrogen-bond donors (Lipinski definition) is 3. The Kier molecular flexibility index (Phi) is 3.79. The van der Waals surface area contributed by atoms with Crippen LogP contribution in [0.4, 0.5) is 5.82 Å². The average molecular weight is 247 g/mol. The Balaban J connectivity index is 1.73. The summed E-state index contributed by atoms with van der Waals surface area (Å²) < 4.78 is 0. The van der Waals surface area contributed by atoms with Gasteiger partial charge in [0.05, 0.1) is 12.4 Å². The van der Waals surface area contributed by atoms with E-state index in [4.69, 9.17) is 5.73 Å². The van der Waals surface area contributed by atoms with Gasteiger partial charge in [-0.15, -0.1) is 0 Å². The van der Waals surface area contributed by atoms with E-state index in [1.54, 1.807) is 0 Å². The van der Waals surface area contributed by atoms with Crippen LogP contribution >= 0.6 is 0 Å². The van der Waals surface area contributed by atoms with E-state index in [2.05, 4.69) is 30.5 Å². The predicted octanol–water partition coefficient (Wildman–Crippen LogP) is -0.461. The third kappa shape index (κ3) is 3.24. The molecule has 0 aliphatic heterocycles. The van der Waals surface area contributed by atoms with Crippen molar-refractivity contribution in [3.8, 4) is 0 Å². The molecule has 8 nitrogen and oxygen atoms in total. The van der Waals surface area contributed by atoms with Gasteiger partial charge in [0.1, 0.15) is 23.7 Å². The summed E-state index contributed by atoms with van der Waals surface area (Å²) in [7, 11) is 0. The molecule has 4 N–H and O–H groups in total. The van der Waals surface area contributed by atoms with Crippen molar-refractivity contribution < 1.29 is 4.79 Å². The fourth-order valence-electron chi connectivity index (χ4n) is 1.35. The number of amides is 1. The molecule has 0 spiro atoms. The van der Waals surface area contributed by atoms with E-state index in [1.165, 1.54) is 18.7 Å². The first kappa shape index (κ1) is 12.0. The van der Waals surface area contributed by atoms with Crippen LogP contribution in [0.25, 0.3) is 0 Å². The summed E-state index contributed by atoms with van der Waals surface area (Å²) in [5, 5.41) is 9.23. The molecule has 94 valence electrons. The molecule has 0 radical (unpaired) electrons. The molecule has 2 rings (SSSR count). The molecule has 8 heteroatoms. The largest absolute Gasteiger partial charge is 0.382 e. The van der Waals surface area contributed by atoms with Gasteiger partial charge in [-0.25, -0.2) is 15.0 Å². The molecule has 18 heavy (non-hydrogen) atoms. The lowest BCUT2D eigenvalue weighted by Gasteiger charge is -2.03. The zero-order valence-electron chi connectivity index (χ0n) is 9.63. The summed E-state index contributed by atoms with van der Waals surface area (Å²) in [5.74, 6) is 0.827. The number of anilines is 1. The van der Waals surface area contributed by atoms with Gasteiger partial charge in [-0.05, 0) is 6.42 Å². The standard InChI is InChI=1S/C10H13N7O/c11-8-5-13-7(4-14-8)10(18)12-3-1-2-9-15-6-16-17-9/h4-6H,1-3H2,(H2,11,14)(H,12,18)(H,15,16,17). The van der Waals surface area contributed by atoms with Crippen molar-refractivity contribution >= 4 is 11.7 Å². The average Bonchev–Trinajstić information content (AvgIpc) is 2.88. The number of carbonyl (C=O) groups is 1. The van der Waals surface area contributed by atoms with Crippen LogP contribution in [0, 0.1) is 0 Å². The molecule has 0 atom stereocenters. The van der Waals surface area contributed by atoms with Crippen LogP contribution in [0.3, 0.4) is 0 Å². The molecule has 0 aliphatic carbocycles. The number of hydrogen-bond acceptors (Lipinski definition) is 6. The third-order valence-corrected chi connectivity index (χ3v) is 2.25.